The highest BCUT2D eigenvalue weighted by Crippen LogP contribution is 2.35. The van der Waals surface area contributed by atoms with E-state index in [4.69, 9.17) is 14.4 Å². The molecule has 10 heteroatoms. The van der Waals surface area contributed by atoms with Gasteiger partial charge in [-0.05, 0) is 30.2 Å². The summed E-state index contributed by atoms with van der Waals surface area (Å²) in [7, 11) is 0. The molecule has 7 nitrogen and oxygen atoms in total. The maximum Gasteiger partial charge on any atom is 0.295 e. The van der Waals surface area contributed by atoms with Crippen molar-refractivity contribution < 1.29 is 27.5 Å². The Kier molecular flexibility index (Phi) is 5.49. The van der Waals surface area contributed by atoms with Crippen LogP contribution in [0.15, 0.2) is 59.1 Å². The van der Waals surface area contributed by atoms with Crippen LogP contribution in [0.25, 0.3) is 23.0 Å². The lowest BCUT2D eigenvalue weighted by Crippen LogP contribution is -2.42. The number of nitrogens with zero attached hydrogens (tertiary/aromatic N) is 4. The summed E-state index contributed by atoms with van der Waals surface area (Å²) in [6.07, 6.45) is 0. The van der Waals surface area contributed by atoms with Crippen LogP contribution in [-0.4, -0.2) is 44.8 Å². The van der Waals surface area contributed by atoms with Crippen molar-refractivity contribution in [3.63, 3.8) is 0 Å². The second-order valence-corrected chi connectivity index (χ2v) is 8.35. The first-order chi connectivity index (χ1) is 16.3. The highest BCUT2D eigenvalue weighted by Gasteiger charge is 2.40. The Labute approximate surface area is 192 Å². The SMILES string of the molecule is Cc1cc(-c2nc(-c3ccc(C4(F)COC4)cc3)no2)nn1Cc1cccc(C(F)(F)CO)c1. The molecule has 34 heavy (non-hydrogen) atoms. The molecule has 0 saturated carbocycles. The average molecular weight is 470 g/mol. The van der Waals surface area contributed by atoms with Gasteiger partial charge in [0.1, 0.15) is 6.61 Å². The average Bonchev–Trinajstić information content (AvgIpc) is 3.45. The van der Waals surface area contributed by atoms with E-state index >= 15 is 0 Å². The Bertz CT molecular complexity index is 1310. The molecule has 0 amide bonds. The lowest BCUT2D eigenvalue weighted by molar-refractivity contribution is -0.135. The molecular formula is C24H21F3N4O3. The number of aromatic nitrogens is 4. The second kappa shape index (κ2) is 8.37. The summed E-state index contributed by atoms with van der Waals surface area (Å²) in [5, 5.41) is 17.4. The molecule has 2 aromatic carbocycles. The standard InChI is InChI=1S/C24H21F3N4O3/c1-15-9-20(29-31(15)11-16-3-2-4-19(10-16)24(26,27)12-32)22-28-21(30-34-22)17-5-7-18(8-6-17)23(25)13-33-14-23/h2-10,32H,11-14H2,1H3. The Balaban J connectivity index is 1.34. The van der Waals surface area contributed by atoms with Gasteiger partial charge in [0.05, 0.1) is 19.8 Å². The number of hydrogen-bond donors (Lipinski definition) is 1. The molecule has 4 aromatic rings. The second-order valence-electron chi connectivity index (χ2n) is 8.35. The van der Waals surface area contributed by atoms with E-state index in [1.54, 1.807) is 41.1 Å². The van der Waals surface area contributed by atoms with E-state index in [2.05, 4.69) is 15.2 Å². The third-order valence-corrected chi connectivity index (χ3v) is 5.83. The van der Waals surface area contributed by atoms with Gasteiger partial charge in [0.2, 0.25) is 5.82 Å². The van der Waals surface area contributed by atoms with Crippen LogP contribution >= 0.6 is 0 Å². The molecule has 1 aliphatic rings. The van der Waals surface area contributed by atoms with Gasteiger partial charge in [-0.15, -0.1) is 0 Å². The number of aliphatic hydroxyl groups is 1. The summed E-state index contributed by atoms with van der Waals surface area (Å²) in [5.74, 6) is -2.77. The van der Waals surface area contributed by atoms with E-state index in [9.17, 15) is 13.2 Å². The van der Waals surface area contributed by atoms with Crippen molar-refractivity contribution in [3.8, 4) is 23.0 Å². The number of alkyl halides is 3. The Hall–Kier alpha value is -3.50. The van der Waals surface area contributed by atoms with E-state index in [1.807, 2.05) is 6.92 Å². The van der Waals surface area contributed by atoms with Crippen LogP contribution in [0.3, 0.4) is 0 Å². The summed E-state index contributed by atoms with van der Waals surface area (Å²) in [4.78, 5) is 4.40. The Morgan fingerprint density at radius 1 is 1.12 bits per heavy atom. The molecule has 1 fully saturated rings. The number of halogens is 3. The van der Waals surface area contributed by atoms with Crippen LogP contribution in [-0.2, 0) is 22.9 Å². The van der Waals surface area contributed by atoms with Gasteiger partial charge in [0.25, 0.3) is 11.8 Å². The quantitative estimate of drug-likeness (QED) is 0.435. The van der Waals surface area contributed by atoms with Gasteiger partial charge in [-0.3, -0.25) is 4.68 Å². The molecule has 0 spiro atoms. The zero-order valence-corrected chi connectivity index (χ0v) is 18.2. The first-order valence-electron chi connectivity index (χ1n) is 10.6. The van der Waals surface area contributed by atoms with Crippen molar-refractivity contribution in [2.24, 2.45) is 0 Å². The third-order valence-electron chi connectivity index (χ3n) is 5.83. The molecule has 0 radical (unpaired) electrons. The minimum Gasteiger partial charge on any atom is -0.390 e. The van der Waals surface area contributed by atoms with Gasteiger partial charge in [0, 0.05) is 16.8 Å². The van der Waals surface area contributed by atoms with Crippen molar-refractivity contribution in [2.45, 2.75) is 25.1 Å². The Morgan fingerprint density at radius 3 is 2.56 bits per heavy atom. The number of ether oxygens (including phenoxy) is 1. The molecule has 176 valence electrons. The van der Waals surface area contributed by atoms with Gasteiger partial charge in [0.15, 0.2) is 11.4 Å². The number of rotatable bonds is 7. The summed E-state index contributed by atoms with van der Waals surface area (Å²) in [5.41, 5.74) is 1.33. The van der Waals surface area contributed by atoms with Gasteiger partial charge < -0.3 is 14.4 Å². The van der Waals surface area contributed by atoms with Crippen molar-refractivity contribution in [2.75, 3.05) is 19.8 Å². The number of aryl methyl sites for hydroxylation is 1. The van der Waals surface area contributed by atoms with Crippen molar-refractivity contribution >= 4 is 0 Å². The van der Waals surface area contributed by atoms with Gasteiger partial charge >= 0.3 is 0 Å². The minimum atomic E-state index is -3.31. The lowest BCUT2D eigenvalue weighted by atomic mass is 9.93. The van der Waals surface area contributed by atoms with E-state index in [-0.39, 0.29) is 31.2 Å². The molecule has 0 unspecified atom stereocenters. The van der Waals surface area contributed by atoms with Crippen LogP contribution in [0.5, 0.6) is 0 Å². The summed E-state index contributed by atoms with van der Waals surface area (Å²) in [6.45, 7) is 0.921. The van der Waals surface area contributed by atoms with Crippen LogP contribution in [0.1, 0.15) is 22.4 Å². The molecular weight excluding hydrogens is 449 g/mol. The molecule has 1 aliphatic heterocycles. The fraction of sp³-hybridized carbons (Fsp3) is 0.292. The summed E-state index contributed by atoms with van der Waals surface area (Å²) in [6, 6.07) is 14.4. The first kappa shape index (κ1) is 22.3. The molecule has 3 heterocycles. The maximum absolute atomic E-state index is 14.5. The molecule has 2 aromatic heterocycles. The van der Waals surface area contributed by atoms with Gasteiger partial charge in [-0.1, -0.05) is 47.6 Å². The molecule has 0 aliphatic carbocycles. The largest absolute Gasteiger partial charge is 0.390 e. The number of hydrogen-bond acceptors (Lipinski definition) is 6. The zero-order valence-electron chi connectivity index (χ0n) is 18.2. The number of benzene rings is 2. The number of aliphatic hydroxyl groups excluding tert-OH is 1. The molecule has 1 saturated heterocycles. The molecule has 1 N–H and O–H groups in total. The smallest absolute Gasteiger partial charge is 0.295 e. The van der Waals surface area contributed by atoms with Crippen molar-refractivity contribution in [1.29, 1.82) is 0 Å². The van der Waals surface area contributed by atoms with E-state index in [1.165, 1.54) is 18.2 Å². The van der Waals surface area contributed by atoms with E-state index in [0.29, 0.717) is 28.2 Å². The van der Waals surface area contributed by atoms with Gasteiger partial charge in [-0.2, -0.15) is 18.9 Å². The predicted octanol–water partition coefficient (Wildman–Crippen LogP) is 4.24. The third kappa shape index (κ3) is 4.10. The maximum atomic E-state index is 14.5. The van der Waals surface area contributed by atoms with Crippen molar-refractivity contribution in [3.05, 3.63) is 77.0 Å². The molecule has 0 atom stereocenters. The normalized spacial score (nSPS) is 15.3. The topological polar surface area (TPSA) is 86.2 Å². The van der Waals surface area contributed by atoms with Crippen LogP contribution in [0.4, 0.5) is 13.2 Å². The Morgan fingerprint density at radius 2 is 1.88 bits per heavy atom. The van der Waals surface area contributed by atoms with Crippen molar-refractivity contribution in [1.82, 2.24) is 19.9 Å². The predicted molar refractivity (Wildman–Crippen MR) is 116 cm³/mol. The fourth-order valence-electron chi connectivity index (χ4n) is 3.75. The molecule has 5 rings (SSSR count). The molecule has 0 bridgehead atoms. The zero-order chi connectivity index (χ0) is 23.9. The van der Waals surface area contributed by atoms with Crippen LogP contribution < -0.4 is 0 Å². The fourth-order valence-corrected chi connectivity index (χ4v) is 3.75. The minimum absolute atomic E-state index is 0.0505. The highest BCUT2D eigenvalue weighted by atomic mass is 19.3. The monoisotopic (exact) mass is 470 g/mol. The lowest BCUT2D eigenvalue weighted by Gasteiger charge is -2.34. The van der Waals surface area contributed by atoms with Gasteiger partial charge in [-0.25, -0.2) is 4.39 Å². The van der Waals surface area contributed by atoms with Crippen LogP contribution in [0.2, 0.25) is 0 Å². The summed E-state index contributed by atoms with van der Waals surface area (Å²) < 4.78 is 54.1. The van der Waals surface area contributed by atoms with E-state index < -0.39 is 18.2 Å². The highest BCUT2D eigenvalue weighted by molar-refractivity contribution is 5.58. The van der Waals surface area contributed by atoms with Crippen LogP contribution in [0, 0.1) is 6.92 Å². The summed E-state index contributed by atoms with van der Waals surface area (Å²) >= 11 is 0. The van der Waals surface area contributed by atoms with E-state index in [0.717, 1.165) is 5.69 Å². The first-order valence-corrected chi connectivity index (χ1v) is 10.6.